The summed E-state index contributed by atoms with van der Waals surface area (Å²) < 4.78 is 39.1. The number of rotatable bonds is 2. The Labute approximate surface area is 100.0 Å². The molecule has 0 bridgehead atoms. The second kappa shape index (κ2) is 7.15. The maximum absolute atomic E-state index is 11.7. The molecule has 18 heavy (non-hydrogen) atoms. The first-order valence-corrected chi connectivity index (χ1v) is 4.49. The van der Waals surface area contributed by atoms with Crippen LogP contribution in [-0.2, 0) is 16.1 Å². The third-order valence-corrected chi connectivity index (χ3v) is 1.44. The molecular weight excluding hydrogens is 255 g/mol. The number of esters is 1. The van der Waals surface area contributed by atoms with Gasteiger partial charge in [-0.1, -0.05) is 30.3 Å². The molecule has 100 valence electrons. The summed E-state index contributed by atoms with van der Waals surface area (Å²) in [5.41, 5.74) is 4.55. The number of hydrogen-bond donors (Lipinski definition) is 2. The number of carbonyl (C=O) groups excluding carboxylic acids is 1. The minimum atomic E-state index is -4.92. The Morgan fingerprint density at radius 2 is 1.67 bits per heavy atom. The summed E-state index contributed by atoms with van der Waals surface area (Å²) in [4.78, 5) is 19.1. The summed E-state index contributed by atoms with van der Waals surface area (Å²) in [7, 11) is 0. The summed E-state index contributed by atoms with van der Waals surface area (Å²) in [6.07, 6.45) is -6.26. The third-order valence-electron chi connectivity index (χ3n) is 1.44. The average molecular weight is 265 g/mol. The van der Waals surface area contributed by atoms with Gasteiger partial charge in [0.1, 0.15) is 6.61 Å². The summed E-state index contributed by atoms with van der Waals surface area (Å²) in [6.45, 7) is -0.362. The zero-order valence-corrected chi connectivity index (χ0v) is 8.98. The number of carboxylic acid groups (broad SMARTS) is 1. The van der Waals surface area contributed by atoms with Crippen LogP contribution in [0.2, 0.25) is 0 Å². The van der Waals surface area contributed by atoms with Crippen molar-refractivity contribution in [2.24, 2.45) is 5.73 Å². The zero-order valence-electron chi connectivity index (χ0n) is 8.98. The predicted molar refractivity (Wildman–Crippen MR) is 54.5 cm³/mol. The van der Waals surface area contributed by atoms with E-state index in [4.69, 9.17) is 9.90 Å². The number of alkyl halides is 3. The summed E-state index contributed by atoms with van der Waals surface area (Å²) in [5.74, 6) is -2.17. The van der Waals surface area contributed by atoms with Crippen LogP contribution in [0.3, 0.4) is 0 Å². The van der Waals surface area contributed by atoms with Crippen LogP contribution >= 0.6 is 0 Å². The number of amides is 1. The van der Waals surface area contributed by atoms with Gasteiger partial charge in [0.15, 0.2) is 0 Å². The normalized spacial score (nSPS) is 9.94. The van der Waals surface area contributed by atoms with Crippen molar-refractivity contribution < 1.29 is 32.6 Å². The second-order valence-electron chi connectivity index (χ2n) is 2.90. The minimum Gasteiger partial charge on any atom is -0.465 e. The van der Waals surface area contributed by atoms with Gasteiger partial charge in [-0.15, -0.1) is 0 Å². The van der Waals surface area contributed by atoms with Crippen molar-refractivity contribution in [3.05, 3.63) is 35.9 Å². The van der Waals surface area contributed by atoms with Gasteiger partial charge in [0.2, 0.25) is 0 Å². The Kier molecular flexibility index (Phi) is 6.26. The molecule has 0 unspecified atom stereocenters. The van der Waals surface area contributed by atoms with Gasteiger partial charge < -0.3 is 15.6 Å². The van der Waals surface area contributed by atoms with E-state index in [-0.39, 0.29) is 6.61 Å². The number of halogens is 3. The van der Waals surface area contributed by atoms with E-state index in [9.17, 15) is 18.0 Å². The Morgan fingerprint density at radius 3 is 2.06 bits per heavy atom. The van der Waals surface area contributed by atoms with Crippen LogP contribution < -0.4 is 5.73 Å². The van der Waals surface area contributed by atoms with Gasteiger partial charge >= 0.3 is 18.2 Å². The van der Waals surface area contributed by atoms with Gasteiger partial charge in [-0.25, -0.2) is 9.59 Å². The van der Waals surface area contributed by atoms with Gasteiger partial charge in [0.05, 0.1) is 0 Å². The highest BCUT2D eigenvalue weighted by Crippen LogP contribution is 2.17. The first kappa shape index (κ1) is 15.8. The van der Waals surface area contributed by atoms with Crippen molar-refractivity contribution in [3.8, 4) is 0 Å². The van der Waals surface area contributed by atoms with E-state index < -0.39 is 18.2 Å². The molecule has 0 radical (unpaired) electrons. The monoisotopic (exact) mass is 265 g/mol. The molecular formula is C10H10F3NO4. The fraction of sp³-hybridized carbons (Fsp3) is 0.200. The zero-order chi connectivity index (χ0) is 14.2. The molecule has 0 aliphatic carbocycles. The van der Waals surface area contributed by atoms with Crippen molar-refractivity contribution in [1.29, 1.82) is 0 Å². The van der Waals surface area contributed by atoms with E-state index in [2.05, 4.69) is 10.5 Å². The molecule has 0 saturated heterocycles. The van der Waals surface area contributed by atoms with Crippen molar-refractivity contribution >= 4 is 12.1 Å². The number of nitrogens with two attached hydrogens (primary N) is 1. The number of carbonyl (C=O) groups is 2. The van der Waals surface area contributed by atoms with Crippen molar-refractivity contribution in [3.63, 3.8) is 0 Å². The molecule has 1 aromatic rings. The van der Waals surface area contributed by atoms with Crippen LogP contribution in [-0.4, -0.2) is 23.3 Å². The van der Waals surface area contributed by atoms with E-state index in [0.29, 0.717) is 5.56 Å². The molecule has 0 aliphatic rings. The van der Waals surface area contributed by atoms with Crippen LogP contribution in [0.15, 0.2) is 30.3 Å². The van der Waals surface area contributed by atoms with E-state index >= 15 is 0 Å². The fourth-order valence-corrected chi connectivity index (χ4v) is 0.805. The first-order valence-electron chi connectivity index (χ1n) is 4.49. The van der Waals surface area contributed by atoms with Gasteiger partial charge in [-0.3, -0.25) is 0 Å². The smallest absolute Gasteiger partial charge is 0.465 e. The third kappa shape index (κ3) is 7.97. The van der Waals surface area contributed by atoms with Gasteiger partial charge in [0, 0.05) is 0 Å². The highest BCUT2D eigenvalue weighted by molar-refractivity contribution is 5.75. The highest BCUT2D eigenvalue weighted by Gasteiger charge is 2.40. The van der Waals surface area contributed by atoms with Crippen molar-refractivity contribution in [2.75, 3.05) is 0 Å². The molecule has 1 amide bonds. The van der Waals surface area contributed by atoms with Crippen molar-refractivity contribution in [2.45, 2.75) is 12.8 Å². The molecule has 3 N–H and O–H groups in total. The van der Waals surface area contributed by atoms with E-state index in [0.717, 1.165) is 0 Å². The molecule has 5 nitrogen and oxygen atoms in total. The Hall–Kier alpha value is -2.25. The topological polar surface area (TPSA) is 89.6 Å². The van der Waals surface area contributed by atoms with Gasteiger partial charge in [-0.2, -0.15) is 13.2 Å². The number of primary amides is 1. The molecule has 0 saturated carbocycles. The Morgan fingerprint density at radius 1 is 1.22 bits per heavy atom. The summed E-state index contributed by atoms with van der Waals surface area (Å²) >= 11 is 0. The largest absolute Gasteiger partial charge is 0.490 e. The Balaban J connectivity index is 0.000000631. The molecule has 0 atom stereocenters. The Bertz CT molecular complexity index is 388. The van der Waals surface area contributed by atoms with Gasteiger partial charge in [0.25, 0.3) is 0 Å². The molecule has 1 aromatic carbocycles. The average Bonchev–Trinajstić information content (AvgIpc) is 2.25. The second-order valence-corrected chi connectivity index (χ2v) is 2.90. The lowest BCUT2D eigenvalue weighted by atomic mass is 10.2. The summed E-state index contributed by atoms with van der Waals surface area (Å²) in [5, 5.41) is 7.19. The first-order chi connectivity index (χ1) is 8.23. The van der Waals surface area contributed by atoms with E-state index in [1.165, 1.54) is 0 Å². The molecule has 0 fully saturated rings. The maximum atomic E-state index is 11.7. The number of hydrogen-bond acceptors (Lipinski definition) is 3. The molecule has 0 spiro atoms. The molecule has 0 aromatic heterocycles. The van der Waals surface area contributed by atoms with Crippen LogP contribution in [0.5, 0.6) is 0 Å². The maximum Gasteiger partial charge on any atom is 0.490 e. The van der Waals surface area contributed by atoms with Crippen LogP contribution in [0.1, 0.15) is 5.56 Å². The number of benzene rings is 1. The predicted octanol–water partition coefficient (Wildman–Crippen LogP) is 1.92. The van der Waals surface area contributed by atoms with E-state index in [1.54, 1.807) is 30.3 Å². The van der Waals surface area contributed by atoms with Crippen LogP contribution in [0, 0.1) is 0 Å². The fourth-order valence-electron chi connectivity index (χ4n) is 0.805. The minimum absolute atomic E-state index is 0.362. The lowest BCUT2D eigenvalue weighted by Crippen LogP contribution is -2.25. The van der Waals surface area contributed by atoms with Crippen molar-refractivity contribution in [1.82, 2.24) is 0 Å². The summed E-state index contributed by atoms with van der Waals surface area (Å²) in [6, 6.07) is 8.16. The van der Waals surface area contributed by atoms with Gasteiger partial charge in [-0.05, 0) is 5.56 Å². The quantitative estimate of drug-likeness (QED) is 0.799. The standard InChI is InChI=1S/C9H7F3O2.CH3NO2/c10-9(11,12)8(13)14-6-7-4-2-1-3-5-7;2-1(3)4/h1-5H,6H2;2H2,(H,3,4). The lowest BCUT2D eigenvalue weighted by molar-refractivity contribution is -0.201. The SMILES string of the molecule is NC(=O)O.O=C(OCc1ccccc1)C(F)(F)F. The lowest BCUT2D eigenvalue weighted by Gasteiger charge is -2.06. The van der Waals surface area contributed by atoms with Crippen LogP contribution in [0.4, 0.5) is 18.0 Å². The molecule has 0 heterocycles. The number of ether oxygens (including phenoxy) is 1. The van der Waals surface area contributed by atoms with E-state index in [1.807, 2.05) is 0 Å². The molecule has 8 heteroatoms. The molecule has 1 rings (SSSR count). The highest BCUT2D eigenvalue weighted by atomic mass is 19.4. The molecule has 0 aliphatic heterocycles. The van der Waals surface area contributed by atoms with Crippen LogP contribution in [0.25, 0.3) is 0 Å².